The second-order valence-corrected chi connectivity index (χ2v) is 7.88. The number of hydrogen-bond acceptors (Lipinski definition) is 4. The highest BCUT2D eigenvalue weighted by Crippen LogP contribution is 2.22. The number of hydrogen-bond donors (Lipinski definition) is 1. The number of carbonyl (C=O) groups excluding carboxylic acids is 1. The smallest absolute Gasteiger partial charge is 0.225 e. The van der Waals surface area contributed by atoms with E-state index in [-0.39, 0.29) is 18.9 Å². The third kappa shape index (κ3) is 6.50. The van der Waals surface area contributed by atoms with Crippen molar-refractivity contribution < 1.29 is 17.9 Å². The molecule has 0 radical (unpaired) electrons. The minimum atomic E-state index is -3.29. The van der Waals surface area contributed by atoms with Crippen LogP contribution in [0.1, 0.15) is 19.8 Å². The van der Waals surface area contributed by atoms with Crippen molar-refractivity contribution in [3.63, 3.8) is 0 Å². The van der Waals surface area contributed by atoms with Crippen LogP contribution in [0.4, 0.5) is 5.69 Å². The molecule has 2 aromatic rings. The fourth-order valence-corrected chi connectivity index (χ4v) is 3.31. The van der Waals surface area contributed by atoms with Gasteiger partial charge in [0.15, 0.2) is 0 Å². The largest absolute Gasteiger partial charge is 0.457 e. The standard InChI is InChI=1S/C19H24N2O4S/c1-3-14-21(26(2,23)24)15-13-19(22)20-16-9-11-18(12-10-16)25-17-7-5-4-6-8-17/h4-12H,3,13-15H2,1-2H3,(H,20,22). The number of nitrogens with one attached hydrogen (secondary N) is 1. The van der Waals surface area contributed by atoms with Gasteiger partial charge in [0.05, 0.1) is 6.26 Å². The summed E-state index contributed by atoms with van der Waals surface area (Å²) in [5.41, 5.74) is 0.636. The molecule has 140 valence electrons. The zero-order valence-corrected chi connectivity index (χ0v) is 15.8. The van der Waals surface area contributed by atoms with Crippen LogP contribution in [-0.4, -0.2) is 38.0 Å². The normalized spacial score (nSPS) is 11.3. The van der Waals surface area contributed by atoms with E-state index in [9.17, 15) is 13.2 Å². The molecule has 0 aliphatic heterocycles. The van der Waals surface area contributed by atoms with E-state index < -0.39 is 10.0 Å². The first kappa shape index (κ1) is 19.9. The number of nitrogens with zero attached hydrogens (tertiary/aromatic N) is 1. The average Bonchev–Trinajstić information content (AvgIpc) is 2.60. The third-order valence-electron chi connectivity index (χ3n) is 3.65. The molecule has 0 heterocycles. The number of anilines is 1. The summed E-state index contributed by atoms with van der Waals surface area (Å²) < 4.78 is 30.3. The summed E-state index contributed by atoms with van der Waals surface area (Å²) in [7, 11) is -3.29. The van der Waals surface area contributed by atoms with Crippen molar-refractivity contribution in [2.75, 3.05) is 24.7 Å². The van der Waals surface area contributed by atoms with E-state index in [0.29, 0.717) is 24.4 Å². The van der Waals surface area contributed by atoms with Crippen LogP contribution in [0.3, 0.4) is 0 Å². The maximum Gasteiger partial charge on any atom is 0.225 e. The van der Waals surface area contributed by atoms with Crippen LogP contribution in [-0.2, 0) is 14.8 Å². The second-order valence-electron chi connectivity index (χ2n) is 5.90. The predicted octanol–water partition coefficient (Wildman–Crippen LogP) is 3.48. The van der Waals surface area contributed by atoms with Crippen molar-refractivity contribution in [3.8, 4) is 11.5 Å². The monoisotopic (exact) mass is 376 g/mol. The second kappa shape index (κ2) is 9.35. The number of amides is 1. The summed E-state index contributed by atoms with van der Waals surface area (Å²) in [6.07, 6.45) is 1.97. The van der Waals surface area contributed by atoms with E-state index in [1.54, 1.807) is 24.3 Å². The van der Waals surface area contributed by atoms with Crippen molar-refractivity contribution in [1.29, 1.82) is 0 Å². The Balaban J connectivity index is 1.87. The van der Waals surface area contributed by atoms with Gasteiger partial charge in [0, 0.05) is 25.2 Å². The Labute approximate surface area is 154 Å². The van der Waals surface area contributed by atoms with E-state index in [4.69, 9.17) is 4.74 Å². The SMILES string of the molecule is CCCN(CCC(=O)Nc1ccc(Oc2ccccc2)cc1)S(C)(=O)=O. The number of benzene rings is 2. The van der Waals surface area contributed by atoms with Gasteiger partial charge in [0.2, 0.25) is 15.9 Å². The molecule has 0 aromatic heterocycles. The van der Waals surface area contributed by atoms with E-state index in [0.717, 1.165) is 12.0 Å². The highest BCUT2D eigenvalue weighted by molar-refractivity contribution is 7.88. The van der Waals surface area contributed by atoms with Gasteiger partial charge < -0.3 is 10.1 Å². The molecule has 0 saturated carbocycles. The minimum absolute atomic E-state index is 0.106. The first-order chi connectivity index (χ1) is 12.4. The lowest BCUT2D eigenvalue weighted by Gasteiger charge is -2.18. The van der Waals surface area contributed by atoms with Crippen molar-refractivity contribution in [3.05, 3.63) is 54.6 Å². The molecular formula is C19H24N2O4S. The van der Waals surface area contributed by atoms with E-state index in [1.807, 2.05) is 37.3 Å². The number of para-hydroxylation sites is 1. The fraction of sp³-hybridized carbons (Fsp3) is 0.316. The topological polar surface area (TPSA) is 75.7 Å². The van der Waals surface area contributed by atoms with Crippen molar-refractivity contribution >= 4 is 21.6 Å². The lowest BCUT2D eigenvalue weighted by Crippen LogP contribution is -2.33. The van der Waals surface area contributed by atoms with Gasteiger partial charge >= 0.3 is 0 Å². The number of sulfonamides is 1. The molecule has 0 fully saturated rings. The molecule has 2 aromatic carbocycles. The molecule has 6 nitrogen and oxygen atoms in total. The van der Waals surface area contributed by atoms with Gasteiger partial charge in [-0.3, -0.25) is 4.79 Å². The highest BCUT2D eigenvalue weighted by Gasteiger charge is 2.16. The van der Waals surface area contributed by atoms with Gasteiger partial charge in [-0.25, -0.2) is 12.7 Å². The summed E-state index contributed by atoms with van der Waals surface area (Å²) in [6.45, 7) is 2.49. The molecule has 1 N–H and O–H groups in total. The van der Waals surface area contributed by atoms with Crippen LogP contribution < -0.4 is 10.1 Å². The van der Waals surface area contributed by atoms with Gasteiger partial charge in [-0.05, 0) is 42.8 Å². The van der Waals surface area contributed by atoms with Crippen molar-refractivity contribution in [1.82, 2.24) is 4.31 Å². The van der Waals surface area contributed by atoms with Crippen LogP contribution >= 0.6 is 0 Å². The molecular weight excluding hydrogens is 352 g/mol. The summed E-state index contributed by atoms with van der Waals surface area (Å²) in [6, 6.07) is 16.4. The summed E-state index contributed by atoms with van der Waals surface area (Å²) in [5, 5.41) is 2.77. The first-order valence-electron chi connectivity index (χ1n) is 8.46. The molecule has 0 saturated heterocycles. The lowest BCUT2D eigenvalue weighted by molar-refractivity contribution is -0.116. The summed E-state index contributed by atoms with van der Waals surface area (Å²) in [5.74, 6) is 1.17. The first-order valence-corrected chi connectivity index (χ1v) is 10.3. The molecule has 2 rings (SSSR count). The van der Waals surface area contributed by atoms with Gasteiger partial charge in [0.25, 0.3) is 0 Å². The van der Waals surface area contributed by atoms with Crippen molar-refractivity contribution in [2.45, 2.75) is 19.8 Å². The molecule has 0 spiro atoms. The Morgan fingerprint density at radius 3 is 2.19 bits per heavy atom. The summed E-state index contributed by atoms with van der Waals surface area (Å²) in [4.78, 5) is 12.1. The van der Waals surface area contributed by atoms with Gasteiger partial charge in [-0.1, -0.05) is 25.1 Å². The Hall–Kier alpha value is -2.38. The molecule has 0 aliphatic rings. The van der Waals surface area contributed by atoms with Crippen LogP contribution in [0.15, 0.2) is 54.6 Å². The summed E-state index contributed by atoms with van der Waals surface area (Å²) >= 11 is 0. The number of ether oxygens (including phenoxy) is 1. The van der Waals surface area contributed by atoms with Gasteiger partial charge in [-0.15, -0.1) is 0 Å². The quantitative estimate of drug-likeness (QED) is 0.727. The predicted molar refractivity (Wildman–Crippen MR) is 103 cm³/mol. The third-order valence-corrected chi connectivity index (χ3v) is 4.95. The zero-order chi connectivity index (χ0) is 19.0. The van der Waals surface area contributed by atoms with Crippen LogP contribution in [0.25, 0.3) is 0 Å². The van der Waals surface area contributed by atoms with Crippen LogP contribution in [0.5, 0.6) is 11.5 Å². The zero-order valence-electron chi connectivity index (χ0n) is 15.0. The highest BCUT2D eigenvalue weighted by atomic mass is 32.2. The molecule has 0 aliphatic carbocycles. The molecule has 0 bridgehead atoms. The number of carbonyl (C=O) groups is 1. The maximum atomic E-state index is 12.1. The lowest BCUT2D eigenvalue weighted by atomic mass is 10.3. The fourth-order valence-electron chi connectivity index (χ4n) is 2.37. The average molecular weight is 376 g/mol. The van der Waals surface area contributed by atoms with Crippen LogP contribution in [0, 0.1) is 0 Å². The Bertz CT molecular complexity index is 805. The Morgan fingerprint density at radius 2 is 1.62 bits per heavy atom. The molecule has 1 amide bonds. The Kier molecular flexibility index (Phi) is 7.17. The minimum Gasteiger partial charge on any atom is -0.457 e. The molecule has 0 unspecified atom stereocenters. The Morgan fingerprint density at radius 1 is 1.00 bits per heavy atom. The molecule has 7 heteroatoms. The van der Waals surface area contributed by atoms with E-state index in [2.05, 4.69) is 5.32 Å². The van der Waals surface area contributed by atoms with Crippen LogP contribution in [0.2, 0.25) is 0 Å². The molecule has 0 atom stereocenters. The van der Waals surface area contributed by atoms with Gasteiger partial charge in [-0.2, -0.15) is 0 Å². The van der Waals surface area contributed by atoms with Crippen molar-refractivity contribution in [2.24, 2.45) is 0 Å². The van der Waals surface area contributed by atoms with Gasteiger partial charge in [0.1, 0.15) is 11.5 Å². The molecule has 26 heavy (non-hydrogen) atoms. The number of rotatable bonds is 9. The van der Waals surface area contributed by atoms with E-state index in [1.165, 1.54) is 4.31 Å². The van der Waals surface area contributed by atoms with E-state index >= 15 is 0 Å². The maximum absolute atomic E-state index is 12.1.